The Morgan fingerprint density at radius 3 is 3.05 bits per heavy atom. The zero-order valence-electron chi connectivity index (χ0n) is 11.5. The van der Waals surface area contributed by atoms with Gasteiger partial charge in [0.15, 0.2) is 0 Å². The number of fused-ring (bicyclic) bond motifs is 1. The lowest BCUT2D eigenvalue weighted by atomic mass is 10.2. The van der Waals surface area contributed by atoms with Crippen LogP contribution in [0.4, 0.5) is 0 Å². The molecule has 3 rings (SSSR count). The Morgan fingerprint density at radius 2 is 2.29 bits per heavy atom. The molecule has 1 fully saturated rings. The molecule has 21 heavy (non-hydrogen) atoms. The number of sulfonamides is 1. The van der Waals surface area contributed by atoms with Gasteiger partial charge >= 0.3 is 0 Å². The van der Waals surface area contributed by atoms with Gasteiger partial charge in [0.05, 0.1) is 0 Å². The smallest absolute Gasteiger partial charge is 0.242 e. The minimum absolute atomic E-state index is 0. The van der Waals surface area contributed by atoms with Crippen molar-refractivity contribution >= 4 is 33.5 Å². The van der Waals surface area contributed by atoms with E-state index >= 15 is 0 Å². The second-order valence-corrected chi connectivity index (χ2v) is 6.77. The molecular formula is C13H19ClN4O2S. The zero-order valence-corrected chi connectivity index (χ0v) is 13.1. The van der Waals surface area contributed by atoms with Crippen LogP contribution < -0.4 is 10.0 Å². The molecule has 0 bridgehead atoms. The molecule has 116 valence electrons. The lowest BCUT2D eigenvalue weighted by Crippen LogP contribution is -2.30. The van der Waals surface area contributed by atoms with Crippen LogP contribution in [0.15, 0.2) is 29.4 Å². The fraction of sp³-hybridized carbons (Fsp3) is 0.462. The molecule has 1 aliphatic heterocycles. The van der Waals surface area contributed by atoms with Gasteiger partial charge in [-0.1, -0.05) is 0 Å². The lowest BCUT2D eigenvalue weighted by molar-refractivity contribution is 0.540. The third kappa shape index (κ3) is 3.55. The third-order valence-electron chi connectivity index (χ3n) is 3.65. The number of H-pyrrole nitrogens is 1. The minimum Gasteiger partial charge on any atom is -0.345 e. The average Bonchev–Trinajstić information content (AvgIpc) is 3.07. The summed E-state index contributed by atoms with van der Waals surface area (Å²) in [5, 5.41) is 3.98. The topological polar surface area (TPSA) is 86.9 Å². The van der Waals surface area contributed by atoms with Gasteiger partial charge in [0.1, 0.15) is 10.5 Å². The van der Waals surface area contributed by atoms with E-state index in [1.54, 1.807) is 18.3 Å². The summed E-state index contributed by atoms with van der Waals surface area (Å²) >= 11 is 0. The first-order valence-corrected chi connectivity index (χ1v) is 8.30. The Kier molecular flexibility index (Phi) is 5.21. The van der Waals surface area contributed by atoms with Gasteiger partial charge in [-0.3, -0.25) is 0 Å². The van der Waals surface area contributed by atoms with Crippen molar-refractivity contribution in [1.82, 2.24) is 20.0 Å². The number of hydrogen-bond donors (Lipinski definition) is 3. The maximum Gasteiger partial charge on any atom is 0.242 e. The predicted octanol–water partition coefficient (Wildman–Crippen LogP) is 1.41. The van der Waals surface area contributed by atoms with Crippen molar-refractivity contribution in [3.05, 3.63) is 24.5 Å². The summed E-state index contributed by atoms with van der Waals surface area (Å²) in [5.41, 5.74) is 0.588. The molecule has 3 heterocycles. The first-order valence-electron chi connectivity index (χ1n) is 6.82. The average molecular weight is 331 g/mol. The summed E-state index contributed by atoms with van der Waals surface area (Å²) < 4.78 is 27.3. The van der Waals surface area contributed by atoms with E-state index in [0.29, 0.717) is 23.6 Å². The fourth-order valence-electron chi connectivity index (χ4n) is 2.60. The van der Waals surface area contributed by atoms with Crippen molar-refractivity contribution in [3.63, 3.8) is 0 Å². The quantitative estimate of drug-likeness (QED) is 0.773. The first kappa shape index (κ1) is 16.2. The normalized spacial score (nSPS) is 18.8. The van der Waals surface area contributed by atoms with Crippen LogP contribution in [0, 0.1) is 0 Å². The molecule has 0 unspecified atom stereocenters. The Bertz CT molecular complexity index is 695. The van der Waals surface area contributed by atoms with Gasteiger partial charge in [-0.05, 0) is 37.9 Å². The van der Waals surface area contributed by atoms with E-state index in [1.165, 1.54) is 12.6 Å². The molecule has 2 aromatic rings. The van der Waals surface area contributed by atoms with E-state index < -0.39 is 10.0 Å². The molecular weight excluding hydrogens is 312 g/mol. The second-order valence-electron chi connectivity index (χ2n) is 5.03. The maximum atomic E-state index is 12.3. The van der Waals surface area contributed by atoms with Crippen LogP contribution in [-0.4, -0.2) is 37.5 Å². The number of nitrogens with one attached hydrogen (secondary N) is 3. The van der Waals surface area contributed by atoms with E-state index in [1.807, 2.05) is 0 Å². The van der Waals surface area contributed by atoms with Crippen LogP contribution in [0.3, 0.4) is 0 Å². The Labute approximate surface area is 130 Å². The highest BCUT2D eigenvalue weighted by atomic mass is 35.5. The highest BCUT2D eigenvalue weighted by molar-refractivity contribution is 7.89. The summed E-state index contributed by atoms with van der Waals surface area (Å²) in [5.74, 6) is 0. The molecule has 0 aliphatic carbocycles. The van der Waals surface area contributed by atoms with Gasteiger partial charge in [0.2, 0.25) is 10.0 Å². The van der Waals surface area contributed by atoms with Crippen LogP contribution in [-0.2, 0) is 10.0 Å². The largest absolute Gasteiger partial charge is 0.345 e. The Morgan fingerprint density at radius 1 is 1.43 bits per heavy atom. The van der Waals surface area contributed by atoms with Gasteiger partial charge < -0.3 is 10.3 Å². The summed E-state index contributed by atoms with van der Waals surface area (Å²) in [7, 11) is -3.48. The van der Waals surface area contributed by atoms with Crippen LogP contribution in [0.2, 0.25) is 0 Å². The SMILES string of the molecule is Cl.O=S(=O)(NCC[C@H]1CCCN1)c1c[nH]c2ncccc12. The number of hydrogen-bond acceptors (Lipinski definition) is 4. The van der Waals surface area contributed by atoms with Crippen molar-refractivity contribution in [3.8, 4) is 0 Å². The summed E-state index contributed by atoms with van der Waals surface area (Å²) in [6.07, 6.45) is 6.24. The molecule has 0 spiro atoms. The predicted molar refractivity (Wildman–Crippen MR) is 84.2 cm³/mol. The summed E-state index contributed by atoms with van der Waals surface area (Å²) in [4.78, 5) is 7.25. The van der Waals surface area contributed by atoms with E-state index in [9.17, 15) is 8.42 Å². The van der Waals surface area contributed by atoms with Gasteiger partial charge in [-0.2, -0.15) is 0 Å². The molecule has 2 aromatic heterocycles. The second kappa shape index (κ2) is 6.74. The van der Waals surface area contributed by atoms with E-state index in [0.717, 1.165) is 19.4 Å². The molecule has 6 nitrogen and oxygen atoms in total. The van der Waals surface area contributed by atoms with Crippen molar-refractivity contribution in [2.75, 3.05) is 13.1 Å². The highest BCUT2D eigenvalue weighted by Gasteiger charge is 2.20. The first-order chi connectivity index (χ1) is 9.67. The molecule has 0 saturated carbocycles. The summed E-state index contributed by atoms with van der Waals surface area (Å²) in [6.45, 7) is 1.48. The van der Waals surface area contributed by atoms with Gasteiger partial charge in [-0.15, -0.1) is 12.4 Å². The molecule has 0 amide bonds. The van der Waals surface area contributed by atoms with Crippen LogP contribution in [0.25, 0.3) is 11.0 Å². The van der Waals surface area contributed by atoms with Crippen molar-refractivity contribution in [2.24, 2.45) is 0 Å². The van der Waals surface area contributed by atoms with E-state index in [2.05, 4.69) is 20.0 Å². The number of nitrogens with zero attached hydrogens (tertiary/aromatic N) is 1. The van der Waals surface area contributed by atoms with E-state index in [-0.39, 0.29) is 17.3 Å². The zero-order chi connectivity index (χ0) is 14.0. The molecule has 1 saturated heterocycles. The van der Waals surface area contributed by atoms with Gasteiger partial charge in [0, 0.05) is 30.4 Å². The van der Waals surface area contributed by atoms with Crippen molar-refractivity contribution in [1.29, 1.82) is 0 Å². The maximum absolute atomic E-state index is 12.3. The molecule has 1 atom stereocenters. The molecule has 1 aliphatic rings. The monoisotopic (exact) mass is 330 g/mol. The Balaban J connectivity index is 0.00000161. The molecule has 0 aromatic carbocycles. The lowest BCUT2D eigenvalue weighted by Gasteiger charge is -2.10. The Hall–Kier alpha value is -1.15. The van der Waals surface area contributed by atoms with Gasteiger partial charge in [0.25, 0.3) is 0 Å². The molecule has 3 N–H and O–H groups in total. The summed E-state index contributed by atoms with van der Waals surface area (Å²) in [6, 6.07) is 3.92. The molecule has 8 heteroatoms. The molecule has 0 radical (unpaired) electrons. The van der Waals surface area contributed by atoms with Crippen molar-refractivity contribution in [2.45, 2.75) is 30.2 Å². The number of halogens is 1. The minimum atomic E-state index is -3.48. The number of pyridine rings is 1. The van der Waals surface area contributed by atoms with Gasteiger partial charge in [-0.25, -0.2) is 18.1 Å². The highest BCUT2D eigenvalue weighted by Crippen LogP contribution is 2.20. The van der Waals surface area contributed by atoms with E-state index in [4.69, 9.17) is 0 Å². The number of aromatic amines is 1. The fourth-order valence-corrected chi connectivity index (χ4v) is 3.81. The standard InChI is InChI=1S/C13H18N4O2S.ClH/c18-20(19,17-8-5-10-3-1-6-14-10)12-9-16-13-11(12)4-2-7-15-13;/h2,4,7,9-10,14,17H,1,3,5-6,8H2,(H,15,16);1H/t10-;/m1./s1. The number of rotatable bonds is 5. The van der Waals surface area contributed by atoms with Crippen molar-refractivity contribution < 1.29 is 8.42 Å². The van der Waals surface area contributed by atoms with Crippen LogP contribution in [0.1, 0.15) is 19.3 Å². The van der Waals surface area contributed by atoms with Crippen LogP contribution >= 0.6 is 12.4 Å². The van der Waals surface area contributed by atoms with Crippen LogP contribution in [0.5, 0.6) is 0 Å². The number of aromatic nitrogens is 2. The third-order valence-corrected chi connectivity index (χ3v) is 5.15.